The maximum absolute atomic E-state index is 2.81. The highest BCUT2D eigenvalue weighted by Crippen LogP contribution is 2.84. The van der Waals surface area contributed by atoms with E-state index in [9.17, 15) is 0 Å². The van der Waals surface area contributed by atoms with Crippen molar-refractivity contribution in [2.24, 2.45) is 100 Å². The molecule has 9 saturated carbocycles. The molecule has 0 aliphatic heterocycles. The molecular formula is C27H38. The smallest absolute Gasteiger partial charge is 0.0286 e. The summed E-state index contributed by atoms with van der Waals surface area (Å²) >= 11 is 0. The van der Waals surface area contributed by atoms with E-state index in [1.807, 2.05) is 0 Å². The molecule has 0 amide bonds. The number of hydrogen-bond acceptors (Lipinski definition) is 0. The van der Waals surface area contributed by atoms with E-state index < -0.39 is 0 Å². The highest BCUT2D eigenvalue weighted by atomic mass is 14.8. The van der Waals surface area contributed by atoms with Gasteiger partial charge in [0.25, 0.3) is 0 Å². The van der Waals surface area contributed by atoms with Gasteiger partial charge in [0, 0.05) is 0 Å². The molecule has 0 N–H and O–H groups in total. The van der Waals surface area contributed by atoms with Crippen LogP contribution in [0.3, 0.4) is 0 Å². The third-order valence-electron chi connectivity index (χ3n) is 14.1. The van der Waals surface area contributed by atoms with E-state index in [4.69, 9.17) is 0 Å². The van der Waals surface area contributed by atoms with Gasteiger partial charge in [0.15, 0.2) is 0 Å². The zero-order chi connectivity index (χ0) is 17.4. The molecule has 0 aromatic heterocycles. The molecule has 27 heavy (non-hydrogen) atoms. The van der Waals surface area contributed by atoms with Gasteiger partial charge in [0.2, 0.25) is 0 Å². The Morgan fingerprint density at radius 1 is 0.444 bits per heavy atom. The summed E-state index contributed by atoms with van der Waals surface area (Å²) in [5.74, 6) is 19.1. The third kappa shape index (κ3) is 1.33. The van der Waals surface area contributed by atoms with Crippen LogP contribution in [-0.4, -0.2) is 0 Å². The van der Waals surface area contributed by atoms with E-state index in [0.717, 1.165) is 11.8 Å². The fourth-order valence-corrected chi connectivity index (χ4v) is 14.6. The molecular weight excluding hydrogens is 324 g/mol. The minimum Gasteiger partial charge on any atom is -0.0593 e. The summed E-state index contributed by atoms with van der Waals surface area (Å²) in [5, 5.41) is 0. The van der Waals surface area contributed by atoms with Crippen molar-refractivity contribution in [3.63, 3.8) is 0 Å². The molecule has 9 aliphatic rings. The quantitative estimate of drug-likeness (QED) is 0.456. The lowest BCUT2D eigenvalue weighted by Crippen LogP contribution is -2.42. The van der Waals surface area contributed by atoms with Crippen LogP contribution in [0.2, 0.25) is 0 Å². The van der Waals surface area contributed by atoms with Crippen molar-refractivity contribution in [3.8, 4) is 0 Å². The summed E-state index contributed by atoms with van der Waals surface area (Å²) in [6.07, 6.45) is 13.2. The highest BCUT2D eigenvalue weighted by Gasteiger charge is 2.79. The van der Waals surface area contributed by atoms with Gasteiger partial charge in [-0.3, -0.25) is 0 Å². The van der Waals surface area contributed by atoms with Gasteiger partial charge in [-0.15, -0.1) is 0 Å². The summed E-state index contributed by atoms with van der Waals surface area (Å²) < 4.78 is 0. The van der Waals surface area contributed by atoms with Crippen LogP contribution in [0, 0.1) is 100 Å². The molecule has 16 unspecified atom stereocenters. The Hall–Kier alpha value is 0. The normalized spacial score (nSPS) is 74.9. The zero-order valence-electron chi connectivity index (χ0n) is 17.4. The monoisotopic (exact) mass is 362 g/mol. The van der Waals surface area contributed by atoms with Crippen molar-refractivity contribution in [2.45, 2.75) is 65.2 Å². The lowest BCUT2D eigenvalue weighted by atomic mass is 9.58. The number of hydrogen-bond donors (Lipinski definition) is 0. The van der Waals surface area contributed by atoms with E-state index >= 15 is 0 Å². The molecule has 0 heteroatoms. The Morgan fingerprint density at radius 3 is 1.22 bits per heavy atom. The molecule has 0 heterocycles. The predicted octanol–water partition coefficient (Wildman–Crippen LogP) is 6.12. The molecule has 9 fully saturated rings. The largest absolute Gasteiger partial charge is 0.0593 e. The minimum atomic E-state index is 0.688. The van der Waals surface area contributed by atoms with E-state index in [2.05, 4.69) is 13.8 Å². The molecule has 0 nitrogen and oxygen atoms in total. The second-order valence-electron chi connectivity index (χ2n) is 14.1. The van der Waals surface area contributed by atoms with Gasteiger partial charge in [-0.2, -0.15) is 0 Å². The van der Waals surface area contributed by atoms with Gasteiger partial charge in [-0.05, 0) is 151 Å². The van der Waals surface area contributed by atoms with E-state index in [-0.39, 0.29) is 0 Å². The molecule has 0 radical (unpaired) electrons. The number of rotatable bonds is 0. The molecule has 0 aromatic rings. The van der Waals surface area contributed by atoms with Gasteiger partial charge in [0.05, 0.1) is 0 Å². The molecule has 16 atom stereocenters. The maximum atomic E-state index is 2.81. The van der Waals surface area contributed by atoms with Gasteiger partial charge < -0.3 is 0 Å². The second-order valence-corrected chi connectivity index (χ2v) is 14.1. The summed E-state index contributed by atoms with van der Waals surface area (Å²) in [6.45, 7) is 5.61. The van der Waals surface area contributed by atoms with Crippen LogP contribution >= 0.6 is 0 Å². The average molecular weight is 363 g/mol. The van der Waals surface area contributed by atoms with Crippen LogP contribution in [0.15, 0.2) is 0 Å². The Morgan fingerprint density at radius 2 is 0.815 bits per heavy atom. The van der Waals surface area contributed by atoms with Crippen LogP contribution in [0.5, 0.6) is 0 Å². The molecule has 0 spiro atoms. The second kappa shape index (κ2) is 4.23. The SMILES string of the molecule is CC1(C)C2C3CC(C4C5CCC(C5)C34)C2C2C3CC(C4C5CCC(C5)C34)C21. The Kier molecular flexibility index (Phi) is 2.33. The van der Waals surface area contributed by atoms with Crippen molar-refractivity contribution in [1.82, 2.24) is 0 Å². The van der Waals surface area contributed by atoms with Crippen molar-refractivity contribution in [3.05, 3.63) is 0 Å². The fourth-order valence-electron chi connectivity index (χ4n) is 14.6. The minimum absolute atomic E-state index is 0.688. The molecule has 0 saturated heterocycles. The zero-order valence-corrected chi connectivity index (χ0v) is 17.4. The maximum Gasteiger partial charge on any atom is -0.0286 e. The molecule has 9 rings (SSSR count). The average Bonchev–Trinajstić information content (AvgIpc) is 3.46. The van der Waals surface area contributed by atoms with Gasteiger partial charge in [0.1, 0.15) is 0 Å². The topological polar surface area (TPSA) is 0 Å². The summed E-state index contributed by atoms with van der Waals surface area (Å²) in [6, 6.07) is 0. The summed E-state index contributed by atoms with van der Waals surface area (Å²) in [5.41, 5.74) is 0.688. The molecule has 0 aromatic carbocycles. The first-order chi connectivity index (χ1) is 13.1. The van der Waals surface area contributed by atoms with Gasteiger partial charge in [-0.25, -0.2) is 0 Å². The van der Waals surface area contributed by atoms with Crippen LogP contribution < -0.4 is 0 Å². The van der Waals surface area contributed by atoms with Crippen LogP contribution in [0.25, 0.3) is 0 Å². The first kappa shape index (κ1) is 14.9. The van der Waals surface area contributed by atoms with E-state index in [0.29, 0.717) is 5.41 Å². The first-order valence-electron chi connectivity index (χ1n) is 13.1. The Balaban J connectivity index is 1.18. The van der Waals surface area contributed by atoms with Crippen LogP contribution in [0.1, 0.15) is 65.2 Å². The van der Waals surface area contributed by atoms with E-state index in [1.165, 1.54) is 82.9 Å². The van der Waals surface area contributed by atoms with Crippen LogP contribution in [0.4, 0.5) is 0 Å². The lowest BCUT2D eigenvalue weighted by molar-refractivity contribution is 0.0131. The molecule has 9 aliphatic carbocycles. The standard InChI is InChI=1S/C27H38/c1-27(2)25-17-9-15(19-11-3-5-13(7-11)21(17)19)23(25)24-16-10-18(26(24)27)22-14-6-4-12(8-14)20(16)22/h11-26H,3-10H2,1-2H3. The fraction of sp³-hybridized carbons (Fsp3) is 1.00. The summed E-state index contributed by atoms with van der Waals surface area (Å²) in [4.78, 5) is 0. The summed E-state index contributed by atoms with van der Waals surface area (Å²) in [7, 11) is 0. The molecule has 8 bridgehead atoms. The number of fused-ring (bicyclic) bond motifs is 25. The Labute approximate surface area is 165 Å². The third-order valence-corrected chi connectivity index (χ3v) is 14.1. The first-order valence-corrected chi connectivity index (χ1v) is 13.1. The Bertz CT molecular complexity index is 674. The van der Waals surface area contributed by atoms with Gasteiger partial charge in [-0.1, -0.05) is 13.8 Å². The predicted molar refractivity (Wildman–Crippen MR) is 107 cm³/mol. The van der Waals surface area contributed by atoms with Gasteiger partial charge >= 0.3 is 0 Å². The van der Waals surface area contributed by atoms with Crippen LogP contribution in [-0.2, 0) is 0 Å². The van der Waals surface area contributed by atoms with E-state index in [1.54, 1.807) is 51.4 Å². The van der Waals surface area contributed by atoms with Crippen molar-refractivity contribution >= 4 is 0 Å². The van der Waals surface area contributed by atoms with Crippen molar-refractivity contribution in [1.29, 1.82) is 0 Å². The molecule has 146 valence electrons. The van der Waals surface area contributed by atoms with Crippen molar-refractivity contribution in [2.75, 3.05) is 0 Å². The highest BCUT2D eigenvalue weighted by molar-refractivity contribution is 5.26. The lowest BCUT2D eigenvalue weighted by Gasteiger charge is -2.46. The van der Waals surface area contributed by atoms with Crippen molar-refractivity contribution < 1.29 is 0 Å².